The number of hydrogen-bond acceptors (Lipinski definition) is 5. The zero-order chi connectivity index (χ0) is 17.8. The molecule has 3 heterocycles. The smallest absolute Gasteiger partial charge is 0.274 e. The molecule has 1 aromatic heterocycles. The molecule has 7 nitrogen and oxygen atoms in total. The van der Waals surface area contributed by atoms with Crippen LogP contribution in [0, 0.1) is 0 Å². The van der Waals surface area contributed by atoms with Gasteiger partial charge in [0, 0.05) is 12.1 Å². The van der Waals surface area contributed by atoms with Crippen molar-refractivity contribution in [2.45, 2.75) is 6.10 Å². The number of ether oxygens (including phenoxy) is 3. The van der Waals surface area contributed by atoms with Gasteiger partial charge >= 0.3 is 0 Å². The maximum atomic E-state index is 10.3. The Bertz CT molecular complexity index is 720. The second-order valence-corrected chi connectivity index (χ2v) is 6.67. The number of rotatable bonds is 6. The number of aliphatic hydroxyl groups is 1. The van der Waals surface area contributed by atoms with Crippen molar-refractivity contribution < 1.29 is 29.2 Å². The van der Waals surface area contributed by atoms with E-state index in [1.165, 1.54) is 4.90 Å². The fourth-order valence-corrected chi connectivity index (χ4v) is 3.40. The van der Waals surface area contributed by atoms with Gasteiger partial charge < -0.3 is 24.2 Å². The first kappa shape index (κ1) is 16.9. The first-order valence-corrected chi connectivity index (χ1v) is 9.04. The minimum absolute atomic E-state index is 0.248. The third-order valence-corrected chi connectivity index (χ3v) is 4.81. The van der Waals surface area contributed by atoms with Gasteiger partial charge in [0.25, 0.3) is 5.82 Å². The molecule has 2 aromatic rings. The van der Waals surface area contributed by atoms with Crippen LogP contribution < -0.4 is 29.0 Å². The summed E-state index contributed by atoms with van der Waals surface area (Å²) in [5.74, 6) is 3.26. The molecule has 0 aliphatic carbocycles. The number of anilines is 1. The average Bonchev–Trinajstić information content (AvgIpc) is 3.15. The molecule has 0 spiro atoms. The van der Waals surface area contributed by atoms with Crippen molar-refractivity contribution in [2.24, 2.45) is 0 Å². The molecule has 0 radical (unpaired) electrons. The van der Waals surface area contributed by atoms with Crippen molar-refractivity contribution in [3.05, 3.63) is 42.6 Å². The van der Waals surface area contributed by atoms with Crippen LogP contribution in [0.4, 0.5) is 5.82 Å². The van der Waals surface area contributed by atoms with E-state index in [1.54, 1.807) is 6.07 Å². The topological polar surface area (TPSA) is 69.7 Å². The van der Waals surface area contributed by atoms with E-state index in [2.05, 4.69) is 16.0 Å². The summed E-state index contributed by atoms with van der Waals surface area (Å²) in [4.78, 5) is 7.03. The molecular formula is C19H25N3O4+2. The summed E-state index contributed by atoms with van der Waals surface area (Å²) in [6.07, 6.45) is 1.46. The highest BCUT2D eigenvalue weighted by molar-refractivity contribution is 5.46. The monoisotopic (exact) mass is 359 g/mol. The lowest BCUT2D eigenvalue weighted by molar-refractivity contribution is -0.903. The van der Waals surface area contributed by atoms with Crippen molar-refractivity contribution in [3.63, 3.8) is 0 Å². The molecular weight excluding hydrogens is 334 g/mol. The van der Waals surface area contributed by atoms with Crippen LogP contribution in [0.15, 0.2) is 42.6 Å². The molecule has 138 valence electrons. The molecule has 0 bridgehead atoms. The van der Waals surface area contributed by atoms with Crippen molar-refractivity contribution in [1.29, 1.82) is 0 Å². The molecule has 2 aliphatic heterocycles. The van der Waals surface area contributed by atoms with Gasteiger partial charge in [-0.1, -0.05) is 6.07 Å². The number of fused-ring (bicyclic) bond motifs is 1. The number of nitrogens with one attached hydrogen (secondary N) is 2. The maximum Gasteiger partial charge on any atom is 0.274 e. The molecule has 26 heavy (non-hydrogen) atoms. The lowest BCUT2D eigenvalue weighted by atomic mass is 10.2. The molecule has 0 amide bonds. The van der Waals surface area contributed by atoms with Crippen LogP contribution in [0.3, 0.4) is 0 Å². The molecule has 2 aliphatic rings. The average molecular weight is 359 g/mol. The van der Waals surface area contributed by atoms with Gasteiger partial charge in [-0.05, 0) is 18.2 Å². The number of quaternary nitrogens is 1. The van der Waals surface area contributed by atoms with Gasteiger partial charge in [0.1, 0.15) is 51.2 Å². The first-order chi connectivity index (χ1) is 12.8. The second kappa shape index (κ2) is 7.80. The Labute approximate surface area is 152 Å². The van der Waals surface area contributed by atoms with E-state index in [9.17, 15) is 5.11 Å². The second-order valence-electron chi connectivity index (χ2n) is 6.67. The van der Waals surface area contributed by atoms with Gasteiger partial charge in [-0.25, -0.2) is 4.98 Å². The molecule has 1 fully saturated rings. The number of piperazine rings is 1. The van der Waals surface area contributed by atoms with E-state index in [1.807, 2.05) is 30.5 Å². The van der Waals surface area contributed by atoms with Gasteiger partial charge in [-0.15, -0.1) is 0 Å². The number of aliphatic hydroxyl groups excluding tert-OH is 1. The Kier molecular flexibility index (Phi) is 5.08. The lowest BCUT2D eigenvalue weighted by Crippen LogP contribution is -3.16. The Morgan fingerprint density at radius 3 is 2.81 bits per heavy atom. The summed E-state index contributed by atoms with van der Waals surface area (Å²) in [6.45, 7) is 5.18. The molecule has 7 heteroatoms. The van der Waals surface area contributed by atoms with Crippen LogP contribution in [-0.2, 0) is 0 Å². The molecule has 3 N–H and O–H groups in total. The van der Waals surface area contributed by atoms with Crippen LogP contribution in [-0.4, -0.2) is 57.3 Å². The fourth-order valence-electron chi connectivity index (χ4n) is 3.40. The van der Waals surface area contributed by atoms with Gasteiger partial charge in [0.15, 0.2) is 11.5 Å². The molecule has 1 aromatic carbocycles. The summed E-state index contributed by atoms with van der Waals surface area (Å²) in [6, 6.07) is 11.6. The summed E-state index contributed by atoms with van der Waals surface area (Å²) < 4.78 is 16.3. The standard InChI is InChI=1S/C19H23N3O4/c23-15(13-24-16-4-5-17-18(11-16)26-14-25-17)12-21-7-9-22(10-8-21)19-3-1-2-6-20-19/h1-6,11,15,23H,7-10,12-14H2/p+2/t15-/m0/s1. The third-order valence-electron chi connectivity index (χ3n) is 4.81. The van der Waals surface area contributed by atoms with Crippen molar-refractivity contribution >= 4 is 5.82 Å². The molecule has 0 saturated carbocycles. The van der Waals surface area contributed by atoms with E-state index in [0.29, 0.717) is 18.0 Å². The summed E-state index contributed by atoms with van der Waals surface area (Å²) in [5.41, 5.74) is 0. The van der Waals surface area contributed by atoms with Crippen LogP contribution in [0.25, 0.3) is 0 Å². The Hall–Kier alpha value is -2.51. The number of aromatic nitrogens is 1. The van der Waals surface area contributed by atoms with Crippen LogP contribution in [0.2, 0.25) is 0 Å². The lowest BCUT2D eigenvalue weighted by Gasteiger charge is -2.29. The highest BCUT2D eigenvalue weighted by atomic mass is 16.7. The normalized spacial score (nSPS) is 18.0. The van der Waals surface area contributed by atoms with E-state index in [4.69, 9.17) is 14.2 Å². The minimum Gasteiger partial charge on any atom is -0.491 e. The number of hydrogen-bond donors (Lipinski definition) is 2. The van der Waals surface area contributed by atoms with Crippen LogP contribution in [0.1, 0.15) is 0 Å². The number of benzene rings is 1. The number of nitrogens with zero attached hydrogens (tertiary/aromatic N) is 1. The van der Waals surface area contributed by atoms with Crippen LogP contribution in [0.5, 0.6) is 17.2 Å². The summed E-state index contributed by atoms with van der Waals surface area (Å²) in [5, 5.41) is 10.3. The Morgan fingerprint density at radius 1 is 1.15 bits per heavy atom. The largest absolute Gasteiger partial charge is 0.491 e. The Morgan fingerprint density at radius 2 is 2.00 bits per heavy atom. The van der Waals surface area contributed by atoms with E-state index in [-0.39, 0.29) is 13.4 Å². The molecule has 1 saturated heterocycles. The Balaban J connectivity index is 1.21. The van der Waals surface area contributed by atoms with Gasteiger partial charge in [-0.2, -0.15) is 0 Å². The quantitative estimate of drug-likeness (QED) is 0.719. The van der Waals surface area contributed by atoms with Gasteiger partial charge in [-0.3, -0.25) is 4.90 Å². The summed E-state index contributed by atoms with van der Waals surface area (Å²) in [7, 11) is 0. The number of pyridine rings is 1. The zero-order valence-corrected chi connectivity index (χ0v) is 14.7. The highest BCUT2D eigenvalue weighted by Crippen LogP contribution is 2.35. The van der Waals surface area contributed by atoms with Crippen LogP contribution >= 0.6 is 0 Å². The third kappa shape index (κ3) is 4.00. The fraction of sp³-hybridized carbons (Fsp3) is 0.421. The predicted octanol–water partition coefficient (Wildman–Crippen LogP) is -0.626. The van der Waals surface area contributed by atoms with Crippen molar-refractivity contribution in [1.82, 2.24) is 0 Å². The zero-order valence-electron chi connectivity index (χ0n) is 14.7. The minimum atomic E-state index is -0.495. The molecule has 0 unspecified atom stereocenters. The van der Waals surface area contributed by atoms with Crippen molar-refractivity contribution in [3.8, 4) is 17.2 Å². The van der Waals surface area contributed by atoms with Gasteiger partial charge in [0.2, 0.25) is 6.79 Å². The molecule has 4 rings (SSSR count). The van der Waals surface area contributed by atoms with Gasteiger partial charge in [0.05, 0.1) is 6.20 Å². The SMILES string of the molecule is O[C@H](COc1ccc2c(c1)OCO2)C[NH+]1CCN(c2cccc[nH+]2)CC1. The highest BCUT2D eigenvalue weighted by Gasteiger charge is 2.27. The number of H-pyrrole nitrogens is 1. The van der Waals surface area contributed by atoms with E-state index >= 15 is 0 Å². The predicted molar refractivity (Wildman–Crippen MR) is 94.8 cm³/mol. The number of aromatic amines is 1. The maximum absolute atomic E-state index is 10.3. The van der Waals surface area contributed by atoms with E-state index in [0.717, 1.165) is 37.7 Å². The van der Waals surface area contributed by atoms with E-state index < -0.39 is 6.10 Å². The molecule has 1 atom stereocenters. The summed E-state index contributed by atoms with van der Waals surface area (Å²) >= 11 is 0. The van der Waals surface area contributed by atoms with Crippen molar-refractivity contribution in [2.75, 3.05) is 51.0 Å². The first-order valence-electron chi connectivity index (χ1n) is 9.04.